The number of rotatable bonds is 1. The van der Waals surface area contributed by atoms with Gasteiger partial charge in [-0.3, -0.25) is 29.4 Å². The smallest absolute Gasteiger partial charge is 0.264 e. The number of carbonyl (C=O) groups is 4. The second kappa shape index (κ2) is 4.16. The van der Waals surface area contributed by atoms with E-state index < -0.39 is 29.7 Å². The number of nitrogens with one attached hydrogen (secondary N) is 1. The molecule has 0 saturated carbocycles. The lowest BCUT2D eigenvalue weighted by molar-refractivity contribution is -0.136. The predicted molar refractivity (Wildman–Crippen MR) is 67.5 cm³/mol. The van der Waals surface area contributed by atoms with Gasteiger partial charge in [-0.1, -0.05) is 6.07 Å². The van der Waals surface area contributed by atoms with E-state index in [0.29, 0.717) is 0 Å². The molecule has 7 nitrogen and oxygen atoms in total. The van der Waals surface area contributed by atoms with Gasteiger partial charge in [-0.2, -0.15) is 0 Å². The number of nitrogens with zero attached hydrogens (tertiary/aromatic N) is 1. The second-order valence-electron chi connectivity index (χ2n) is 4.72. The third-order valence-corrected chi connectivity index (χ3v) is 3.50. The summed E-state index contributed by atoms with van der Waals surface area (Å²) in [6.45, 7) is 0. The minimum atomic E-state index is -0.959. The summed E-state index contributed by atoms with van der Waals surface area (Å²) in [6, 6.07) is 3.64. The second-order valence-corrected chi connectivity index (χ2v) is 4.72. The van der Waals surface area contributed by atoms with Gasteiger partial charge < -0.3 is 5.73 Å². The third-order valence-electron chi connectivity index (χ3n) is 3.50. The van der Waals surface area contributed by atoms with Gasteiger partial charge in [0.05, 0.1) is 11.1 Å². The molecule has 102 valence electrons. The zero-order valence-corrected chi connectivity index (χ0v) is 10.4. The van der Waals surface area contributed by atoms with Crippen LogP contribution < -0.4 is 11.1 Å². The first kappa shape index (κ1) is 12.3. The van der Waals surface area contributed by atoms with Gasteiger partial charge in [-0.25, -0.2) is 0 Å². The fourth-order valence-corrected chi connectivity index (χ4v) is 2.54. The molecule has 7 heteroatoms. The van der Waals surface area contributed by atoms with E-state index in [2.05, 4.69) is 5.32 Å². The van der Waals surface area contributed by atoms with Crippen molar-refractivity contribution in [2.75, 3.05) is 5.73 Å². The number of benzene rings is 1. The summed E-state index contributed by atoms with van der Waals surface area (Å²) in [5.41, 5.74) is 6.24. The maximum Gasteiger partial charge on any atom is 0.264 e. The number of hydrogen-bond acceptors (Lipinski definition) is 5. The molecular weight excluding hydrogens is 263 g/mol. The molecule has 1 aromatic carbocycles. The van der Waals surface area contributed by atoms with Crippen molar-refractivity contribution in [1.82, 2.24) is 10.2 Å². The van der Waals surface area contributed by atoms with Crippen molar-refractivity contribution >= 4 is 29.3 Å². The minimum Gasteiger partial charge on any atom is -0.398 e. The van der Waals surface area contributed by atoms with Crippen molar-refractivity contribution in [3.05, 3.63) is 29.3 Å². The highest BCUT2D eigenvalue weighted by Gasteiger charge is 2.45. The molecule has 1 saturated heterocycles. The minimum absolute atomic E-state index is 0.0965. The van der Waals surface area contributed by atoms with Gasteiger partial charge in [0.15, 0.2) is 0 Å². The molecule has 2 aliphatic rings. The van der Waals surface area contributed by atoms with Crippen molar-refractivity contribution in [2.24, 2.45) is 0 Å². The SMILES string of the molecule is Nc1cccc2c1C(=O)N(C1CCC(=O)[15NH]C1=O)C2=O. The average Bonchev–Trinajstić information content (AvgIpc) is 2.64. The standard InChI is InChI=1S/C13H11N3O4/c14-7-3-1-2-6-10(7)13(20)16(12(6)19)8-4-5-9(17)15-11(8)18/h1-3,8H,4-5,14H2,(H,15,17,18)/i15+1. The van der Waals surface area contributed by atoms with Crippen LogP contribution >= 0.6 is 0 Å². The van der Waals surface area contributed by atoms with Crippen LogP contribution in [0.25, 0.3) is 0 Å². The Hall–Kier alpha value is -2.70. The van der Waals surface area contributed by atoms with E-state index in [1.807, 2.05) is 0 Å². The van der Waals surface area contributed by atoms with Gasteiger partial charge >= 0.3 is 0 Å². The monoisotopic (exact) mass is 274 g/mol. The highest BCUT2D eigenvalue weighted by Crippen LogP contribution is 2.30. The van der Waals surface area contributed by atoms with Crippen LogP contribution in [0.3, 0.4) is 0 Å². The third kappa shape index (κ3) is 1.59. The van der Waals surface area contributed by atoms with Crippen molar-refractivity contribution in [2.45, 2.75) is 18.9 Å². The number of imide groups is 2. The lowest BCUT2D eigenvalue weighted by Gasteiger charge is -2.27. The summed E-state index contributed by atoms with van der Waals surface area (Å²) in [7, 11) is 0. The molecular formula is C13H11N3O4. The van der Waals surface area contributed by atoms with Crippen molar-refractivity contribution < 1.29 is 19.2 Å². The van der Waals surface area contributed by atoms with Crippen LogP contribution in [0.1, 0.15) is 33.6 Å². The maximum absolute atomic E-state index is 12.3. The number of nitrogen functional groups attached to an aromatic ring is 1. The molecule has 1 fully saturated rings. The highest BCUT2D eigenvalue weighted by atomic mass is 16.2. The van der Waals surface area contributed by atoms with Gasteiger partial charge in [-0.15, -0.1) is 0 Å². The number of carbonyl (C=O) groups excluding carboxylic acids is 4. The zero-order valence-electron chi connectivity index (χ0n) is 10.4. The van der Waals surface area contributed by atoms with Gasteiger partial charge in [0.25, 0.3) is 11.8 Å². The van der Waals surface area contributed by atoms with E-state index in [0.717, 1.165) is 4.90 Å². The molecule has 1 atom stereocenters. The summed E-state index contributed by atoms with van der Waals surface area (Å²) in [5.74, 6) is -2.17. The zero-order chi connectivity index (χ0) is 14.4. The van der Waals surface area contributed by atoms with Crippen molar-refractivity contribution in [3.8, 4) is 0 Å². The lowest BCUT2D eigenvalue weighted by Crippen LogP contribution is -2.54. The molecule has 3 N–H and O–H groups in total. The summed E-state index contributed by atoms with van der Waals surface area (Å²) in [5, 5.41) is 2.13. The Morgan fingerprint density at radius 3 is 2.55 bits per heavy atom. The van der Waals surface area contributed by atoms with Crippen LogP contribution in [0.4, 0.5) is 5.69 Å². The summed E-state index contributed by atoms with van der Waals surface area (Å²) >= 11 is 0. The number of hydrogen-bond donors (Lipinski definition) is 2. The molecule has 1 aromatic rings. The quantitative estimate of drug-likeness (QED) is 0.414. The molecule has 4 amide bonds. The molecule has 0 bridgehead atoms. The summed E-state index contributed by atoms with van der Waals surface area (Å²) in [4.78, 5) is 48.4. The molecule has 0 aliphatic carbocycles. The molecule has 2 heterocycles. The number of anilines is 1. The normalized spacial score (nSPS) is 22.0. The van der Waals surface area contributed by atoms with Crippen molar-refractivity contribution in [3.63, 3.8) is 0 Å². The summed E-state index contributed by atoms with van der Waals surface area (Å²) in [6.07, 6.45) is 0.231. The fourth-order valence-electron chi connectivity index (χ4n) is 2.54. The van der Waals surface area contributed by atoms with E-state index in [1.54, 1.807) is 6.07 Å². The van der Waals surface area contributed by atoms with Crippen LogP contribution in [0.5, 0.6) is 0 Å². The van der Waals surface area contributed by atoms with Crippen LogP contribution in [-0.4, -0.2) is 34.6 Å². The van der Waals surface area contributed by atoms with Crippen LogP contribution in [-0.2, 0) is 9.59 Å². The van der Waals surface area contributed by atoms with Gasteiger partial charge in [0, 0.05) is 12.1 Å². The van der Waals surface area contributed by atoms with Gasteiger partial charge in [0.1, 0.15) is 6.04 Å². The first-order chi connectivity index (χ1) is 9.50. The summed E-state index contributed by atoms with van der Waals surface area (Å²) < 4.78 is 0. The Bertz CT molecular complexity index is 668. The van der Waals surface area contributed by atoms with Crippen LogP contribution in [0.2, 0.25) is 0 Å². The number of nitrogens with two attached hydrogens (primary N) is 1. The first-order valence-corrected chi connectivity index (χ1v) is 6.11. The molecule has 0 aromatic heterocycles. The maximum atomic E-state index is 12.3. The number of piperidine rings is 1. The highest BCUT2D eigenvalue weighted by molar-refractivity contribution is 6.25. The lowest BCUT2D eigenvalue weighted by atomic mass is 10.1. The molecule has 3 rings (SSSR count). The van der Waals surface area contributed by atoms with Gasteiger partial charge in [0.2, 0.25) is 11.8 Å². The Morgan fingerprint density at radius 1 is 1.15 bits per heavy atom. The Labute approximate surface area is 113 Å². The van der Waals surface area contributed by atoms with E-state index in [-0.39, 0.29) is 29.7 Å². The Morgan fingerprint density at radius 2 is 1.90 bits per heavy atom. The first-order valence-electron chi connectivity index (χ1n) is 6.11. The molecule has 0 spiro atoms. The average molecular weight is 274 g/mol. The topological polar surface area (TPSA) is 110 Å². The van der Waals surface area contributed by atoms with Crippen molar-refractivity contribution in [1.29, 1.82) is 0 Å². The van der Waals surface area contributed by atoms with E-state index in [4.69, 9.17) is 5.73 Å². The molecule has 1 unspecified atom stereocenters. The number of amides is 4. The largest absolute Gasteiger partial charge is 0.398 e. The Kier molecular flexibility index (Phi) is 2.56. The molecule has 2 aliphatic heterocycles. The van der Waals surface area contributed by atoms with Gasteiger partial charge in [-0.05, 0) is 18.6 Å². The fraction of sp³-hybridized carbons (Fsp3) is 0.231. The molecule has 0 radical (unpaired) electrons. The van der Waals surface area contributed by atoms with E-state index in [9.17, 15) is 19.2 Å². The molecule has 20 heavy (non-hydrogen) atoms. The van der Waals surface area contributed by atoms with E-state index >= 15 is 0 Å². The van der Waals surface area contributed by atoms with Crippen LogP contribution in [0.15, 0.2) is 18.2 Å². The number of fused-ring (bicyclic) bond motifs is 1. The van der Waals surface area contributed by atoms with Crippen LogP contribution in [0, 0.1) is 0 Å². The predicted octanol–water partition coefficient (Wildman–Crippen LogP) is -0.330. The van der Waals surface area contributed by atoms with E-state index in [1.165, 1.54) is 12.1 Å². The Balaban J connectivity index is 2.00.